The monoisotopic (exact) mass is 156 g/mol. The van der Waals surface area contributed by atoms with Crippen molar-refractivity contribution in [3.05, 3.63) is 12.7 Å². The molecule has 0 aromatic heterocycles. The Labute approximate surface area is 68.2 Å². The molecule has 2 heteroatoms. The van der Waals surface area contributed by atoms with Gasteiger partial charge in [-0.25, -0.2) is 0 Å². The molecule has 1 unspecified atom stereocenters. The van der Waals surface area contributed by atoms with Gasteiger partial charge >= 0.3 is 0 Å². The van der Waals surface area contributed by atoms with Gasteiger partial charge in [0, 0.05) is 6.61 Å². The van der Waals surface area contributed by atoms with Crippen molar-refractivity contribution >= 4 is 0 Å². The molecule has 0 aromatic carbocycles. The molecule has 1 atom stereocenters. The van der Waals surface area contributed by atoms with Gasteiger partial charge in [0.2, 0.25) is 0 Å². The van der Waals surface area contributed by atoms with Crippen molar-refractivity contribution in [2.24, 2.45) is 0 Å². The largest absolute Gasteiger partial charge is 0.353 e. The molecule has 11 heavy (non-hydrogen) atoms. The van der Waals surface area contributed by atoms with Crippen molar-refractivity contribution < 1.29 is 9.47 Å². The van der Waals surface area contributed by atoms with Crippen LogP contribution in [0.2, 0.25) is 0 Å². The highest BCUT2D eigenvalue weighted by molar-refractivity contribution is 4.65. The summed E-state index contributed by atoms with van der Waals surface area (Å²) in [6.45, 7) is 5.23. The Kier molecular flexibility index (Phi) is 4.24. The zero-order valence-corrected chi connectivity index (χ0v) is 6.92. The Bertz CT molecular complexity index is 106. The van der Waals surface area contributed by atoms with E-state index < -0.39 is 0 Å². The van der Waals surface area contributed by atoms with E-state index >= 15 is 0 Å². The molecule has 0 bridgehead atoms. The second-order valence-electron chi connectivity index (χ2n) is 2.74. The maximum Gasteiger partial charge on any atom is 0.157 e. The number of rotatable bonds is 4. The second-order valence-corrected chi connectivity index (χ2v) is 2.74. The van der Waals surface area contributed by atoms with Crippen LogP contribution in [0.5, 0.6) is 0 Å². The van der Waals surface area contributed by atoms with Crippen LogP contribution in [0, 0.1) is 0 Å². The molecule has 1 rings (SSSR count). The van der Waals surface area contributed by atoms with E-state index in [0.717, 1.165) is 26.1 Å². The number of hydrogen-bond donors (Lipinski definition) is 0. The SMILES string of the molecule is C=CCCOC1CCCCO1. The van der Waals surface area contributed by atoms with Gasteiger partial charge in [-0.3, -0.25) is 0 Å². The summed E-state index contributed by atoms with van der Waals surface area (Å²) in [6.07, 6.45) is 6.31. The highest BCUT2D eigenvalue weighted by Crippen LogP contribution is 2.13. The van der Waals surface area contributed by atoms with Gasteiger partial charge in [0.25, 0.3) is 0 Å². The third-order valence-electron chi connectivity index (χ3n) is 1.76. The quantitative estimate of drug-likeness (QED) is 0.458. The lowest BCUT2D eigenvalue weighted by atomic mass is 10.2. The zero-order chi connectivity index (χ0) is 7.94. The van der Waals surface area contributed by atoms with Gasteiger partial charge in [-0.15, -0.1) is 6.58 Å². The molecular formula is C9H16O2. The van der Waals surface area contributed by atoms with Crippen molar-refractivity contribution in [1.82, 2.24) is 0 Å². The minimum atomic E-state index is 0.0590. The number of hydrogen-bond acceptors (Lipinski definition) is 2. The Morgan fingerprint density at radius 2 is 2.45 bits per heavy atom. The zero-order valence-electron chi connectivity index (χ0n) is 6.92. The molecule has 0 aliphatic carbocycles. The fraction of sp³-hybridized carbons (Fsp3) is 0.778. The minimum absolute atomic E-state index is 0.0590. The molecule has 1 heterocycles. The van der Waals surface area contributed by atoms with Crippen LogP contribution in [0.15, 0.2) is 12.7 Å². The Morgan fingerprint density at radius 3 is 3.09 bits per heavy atom. The van der Waals surface area contributed by atoms with Crippen LogP contribution in [0.3, 0.4) is 0 Å². The lowest BCUT2D eigenvalue weighted by Gasteiger charge is -2.22. The molecular weight excluding hydrogens is 140 g/mol. The molecule has 1 saturated heterocycles. The first-order valence-corrected chi connectivity index (χ1v) is 4.27. The summed E-state index contributed by atoms with van der Waals surface area (Å²) in [5.41, 5.74) is 0. The van der Waals surface area contributed by atoms with Gasteiger partial charge in [-0.2, -0.15) is 0 Å². The first-order chi connectivity index (χ1) is 5.43. The smallest absolute Gasteiger partial charge is 0.157 e. The predicted molar refractivity (Wildman–Crippen MR) is 44.4 cm³/mol. The molecule has 0 saturated carbocycles. The van der Waals surface area contributed by atoms with Crippen LogP contribution in [0.4, 0.5) is 0 Å². The standard InChI is InChI=1S/C9H16O2/c1-2-3-7-10-9-6-4-5-8-11-9/h2,9H,1,3-8H2. The molecule has 2 nitrogen and oxygen atoms in total. The molecule has 0 spiro atoms. The average Bonchev–Trinajstić information content (AvgIpc) is 2.07. The van der Waals surface area contributed by atoms with Crippen molar-refractivity contribution in [2.45, 2.75) is 32.0 Å². The molecule has 0 radical (unpaired) electrons. The summed E-state index contributed by atoms with van der Waals surface area (Å²) in [7, 11) is 0. The second kappa shape index (κ2) is 5.33. The van der Waals surface area contributed by atoms with Crippen LogP contribution in [0.1, 0.15) is 25.7 Å². The van der Waals surface area contributed by atoms with Gasteiger partial charge in [-0.1, -0.05) is 6.08 Å². The van der Waals surface area contributed by atoms with E-state index in [1.807, 2.05) is 6.08 Å². The van der Waals surface area contributed by atoms with Crippen molar-refractivity contribution in [3.63, 3.8) is 0 Å². The summed E-state index contributed by atoms with van der Waals surface area (Å²) in [5.74, 6) is 0. The lowest BCUT2D eigenvalue weighted by molar-refractivity contribution is -0.161. The highest BCUT2D eigenvalue weighted by Gasteiger charge is 2.12. The average molecular weight is 156 g/mol. The lowest BCUT2D eigenvalue weighted by Crippen LogP contribution is -2.22. The normalized spacial score (nSPS) is 24.9. The Balaban J connectivity index is 2.00. The molecule has 1 aliphatic rings. The van der Waals surface area contributed by atoms with Crippen molar-refractivity contribution in [2.75, 3.05) is 13.2 Å². The minimum Gasteiger partial charge on any atom is -0.353 e. The van der Waals surface area contributed by atoms with E-state index in [-0.39, 0.29) is 6.29 Å². The molecule has 1 fully saturated rings. The first-order valence-electron chi connectivity index (χ1n) is 4.27. The van der Waals surface area contributed by atoms with Gasteiger partial charge < -0.3 is 9.47 Å². The number of ether oxygens (including phenoxy) is 2. The summed E-state index contributed by atoms with van der Waals surface area (Å²) >= 11 is 0. The van der Waals surface area contributed by atoms with E-state index in [0.29, 0.717) is 0 Å². The van der Waals surface area contributed by atoms with Crippen LogP contribution in [-0.2, 0) is 9.47 Å². The first kappa shape index (κ1) is 8.75. The summed E-state index contributed by atoms with van der Waals surface area (Å²) in [6, 6.07) is 0. The molecule has 64 valence electrons. The van der Waals surface area contributed by atoms with E-state index in [2.05, 4.69) is 6.58 Å². The van der Waals surface area contributed by atoms with E-state index in [4.69, 9.17) is 9.47 Å². The predicted octanol–water partition coefficient (Wildman–Crippen LogP) is 2.11. The fourth-order valence-corrected chi connectivity index (χ4v) is 1.13. The van der Waals surface area contributed by atoms with Crippen molar-refractivity contribution in [1.29, 1.82) is 0 Å². The summed E-state index contributed by atoms with van der Waals surface area (Å²) < 4.78 is 10.8. The Morgan fingerprint density at radius 1 is 1.55 bits per heavy atom. The fourth-order valence-electron chi connectivity index (χ4n) is 1.13. The van der Waals surface area contributed by atoms with Gasteiger partial charge in [0.15, 0.2) is 6.29 Å². The maximum atomic E-state index is 5.43. The third-order valence-corrected chi connectivity index (χ3v) is 1.76. The van der Waals surface area contributed by atoms with Crippen LogP contribution in [0.25, 0.3) is 0 Å². The highest BCUT2D eigenvalue weighted by atomic mass is 16.7. The maximum absolute atomic E-state index is 5.43. The molecule has 0 aromatic rings. The molecule has 0 amide bonds. The van der Waals surface area contributed by atoms with E-state index in [9.17, 15) is 0 Å². The summed E-state index contributed by atoms with van der Waals surface area (Å²) in [4.78, 5) is 0. The van der Waals surface area contributed by atoms with Gasteiger partial charge in [0.05, 0.1) is 6.61 Å². The van der Waals surface area contributed by atoms with Crippen LogP contribution in [-0.4, -0.2) is 19.5 Å². The third kappa shape index (κ3) is 3.54. The Hall–Kier alpha value is -0.340. The van der Waals surface area contributed by atoms with Gasteiger partial charge in [-0.05, 0) is 25.7 Å². The van der Waals surface area contributed by atoms with Crippen LogP contribution >= 0.6 is 0 Å². The topological polar surface area (TPSA) is 18.5 Å². The summed E-state index contributed by atoms with van der Waals surface area (Å²) in [5, 5.41) is 0. The van der Waals surface area contributed by atoms with E-state index in [1.165, 1.54) is 12.8 Å². The molecule has 0 N–H and O–H groups in total. The van der Waals surface area contributed by atoms with E-state index in [1.54, 1.807) is 0 Å². The van der Waals surface area contributed by atoms with Gasteiger partial charge in [0.1, 0.15) is 0 Å². The van der Waals surface area contributed by atoms with Crippen molar-refractivity contribution in [3.8, 4) is 0 Å². The van der Waals surface area contributed by atoms with Crippen LogP contribution < -0.4 is 0 Å². The molecule has 1 aliphatic heterocycles.